The SMILES string of the molecule is COCCOc1cccc(C(=O)Nc2ccc(OCCN)cc2)c1. The molecule has 2 aromatic carbocycles. The molecule has 0 saturated carbocycles. The van der Waals surface area contributed by atoms with Gasteiger partial charge in [0.05, 0.1) is 6.61 Å². The molecule has 0 aliphatic heterocycles. The molecule has 6 nitrogen and oxygen atoms in total. The van der Waals surface area contributed by atoms with Crippen LogP contribution in [-0.4, -0.2) is 39.4 Å². The number of nitrogens with one attached hydrogen (secondary N) is 1. The van der Waals surface area contributed by atoms with Gasteiger partial charge in [0.15, 0.2) is 0 Å². The smallest absolute Gasteiger partial charge is 0.255 e. The largest absolute Gasteiger partial charge is 0.492 e. The van der Waals surface area contributed by atoms with Gasteiger partial charge in [-0.15, -0.1) is 0 Å². The molecule has 2 rings (SSSR count). The lowest BCUT2D eigenvalue weighted by Gasteiger charge is -2.09. The van der Waals surface area contributed by atoms with Gasteiger partial charge < -0.3 is 25.3 Å². The summed E-state index contributed by atoms with van der Waals surface area (Å²) in [5.74, 6) is 1.14. The molecule has 0 aliphatic carbocycles. The van der Waals surface area contributed by atoms with Crippen molar-refractivity contribution in [1.29, 1.82) is 0 Å². The maximum Gasteiger partial charge on any atom is 0.255 e. The zero-order chi connectivity index (χ0) is 17.2. The number of anilines is 1. The highest BCUT2D eigenvalue weighted by Crippen LogP contribution is 2.18. The monoisotopic (exact) mass is 330 g/mol. The first-order chi connectivity index (χ1) is 11.7. The molecule has 128 valence electrons. The van der Waals surface area contributed by atoms with Gasteiger partial charge in [0.1, 0.15) is 24.7 Å². The van der Waals surface area contributed by atoms with Crippen LogP contribution in [0.25, 0.3) is 0 Å². The summed E-state index contributed by atoms with van der Waals surface area (Å²) < 4.78 is 15.8. The molecule has 0 bridgehead atoms. The normalized spacial score (nSPS) is 10.2. The molecule has 0 atom stereocenters. The second-order valence-electron chi connectivity index (χ2n) is 4.98. The fourth-order valence-corrected chi connectivity index (χ4v) is 1.98. The molecule has 0 spiro atoms. The number of hydrogen-bond donors (Lipinski definition) is 2. The van der Waals surface area contributed by atoms with Gasteiger partial charge in [-0.05, 0) is 42.5 Å². The van der Waals surface area contributed by atoms with Crippen molar-refractivity contribution in [2.75, 3.05) is 38.8 Å². The van der Waals surface area contributed by atoms with Crippen LogP contribution >= 0.6 is 0 Å². The van der Waals surface area contributed by atoms with Crippen LogP contribution in [0.5, 0.6) is 11.5 Å². The number of hydrogen-bond acceptors (Lipinski definition) is 5. The van der Waals surface area contributed by atoms with Crippen LogP contribution in [0, 0.1) is 0 Å². The molecule has 0 unspecified atom stereocenters. The Kier molecular flexibility index (Phi) is 7.07. The summed E-state index contributed by atoms with van der Waals surface area (Å²) >= 11 is 0. The van der Waals surface area contributed by atoms with E-state index in [-0.39, 0.29) is 5.91 Å². The van der Waals surface area contributed by atoms with Gasteiger partial charge in [-0.2, -0.15) is 0 Å². The minimum Gasteiger partial charge on any atom is -0.492 e. The van der Waals surface area contributed by atoms with Crippen molar-refractivity contribution < 1.29 is 19.0 Å². The molecule has 0 saturated heterocycles. The third-order valence-electron chi connectivity index (χ3n) is 3.15. The van der Waals surface area contributed by atoms with Crippen molar-refractivity contribution in [3.8, 4) is 11.5 Å². The average Bonchev–Trinajstić information content (AvgIpc) is 2.61. The molecule has 24 heavy (non-hydrogen) atoms. The van der Waals surface area contributed by atoms with Gasteiger partial charge in [0.2, 0.25) is 0 Å². The summed E-state index contributed by atoms with van der Waals surface area (Å²) in [6, 6.07) is 14.1. The van der Waals surface area contributed by atoms with Gasteiger partial charge in [-0.3, -0.25) is 4.79 Å². The van der Waals surface area contributed by atoms with Crippen molar-refractivity contribution in [2.24, 2.45) is 5.73 Å². The Balaban J connectivity index is 1.95. The third kappa shape index (κ3) is 5.57. The van der Waals surface area contributed by atoms with E-state index in [9.17, 15) is 4.79 Å². The van der Waals surface area contributed by atoms with E-state index in [1.165, 1.54) is 0 Å². The predicted molar refractivity (Wildman–Crippen MR) is 92.8 cm³/mol. The van der Waals surface area contributed by atoms with E-state index in [2.05, 4.69) is 5.32 Å². The molecular weight excluding hydrogens is 308 g/mol. The standard InChI is InChI=1S/C18H22N2O4/c1-22-11-12-24-17-4-2-3-14(13-17)18(21)20-15-5-7-16(8-6-15)23-10-9-19/h2-8,13H,9-12,19H2,1H3,(H,20,21). The zero-order valence-electron chi connectivity index (χ0n) is 13.7. The number of rotatable bonds is 9. The first-order valence-electron chi connectivity index (χ1n) is 7.69. The minimum absolute atomic E-state index is 0.206. The lowest BCUT2D eigenvalue weighted by Crippen LogP contribution is -2.13. The van der Waals surface area contributed by atoms with Gasteiger partial charge in [0.25, 0.3) is 5.91 Å². The van der Waals surface area contributed by atoms with Crippen molar-refractivity contribution in [3.63, 3.8) is 0 Å². The average molecular weight is 330 g/mol. The van der Waals surface area contributed by atoms with Crippen LogP contribution in [0.1, 0.15) is 10.4 Å². The third-order valence-corrected chi connectivity index (χ3v) is 3.15. The van der Waals surface area contributed by atoms with E-state index in [4.69, 9.17) is 19.9 Å². The van der Waals surface area contributed by atoms with Gasteiger partial charge >= 0.3 is 0 Å². The van der Waals surface area contributed by atoms with Crippen molar-refractivity contribution in [2.45, 2.75) is 0 Å². The number of carbonyl (C=O) groups excluding carboxylic acids is 1. The molecule has 0 heterocycles. The van der Waals surface area contributed by atoms with Crippen molar-refractivity contribution in [3.05, 3.63) is 54.1 Å². The molecule has 0 fully saturated rings. The van der Waals surface area contributed by atoms with E-state index in [0.717, 1.165) is 0 Å². The summed E-state index contributed by atoms with van der Waals surface area (Å²) in [5.41, 5.74) is 6.60. The Hall–Kier alpha value is -2.57. The van der Waals surface area contributed by atoms with Crippen LogP contribution in [0.4, 0.5) is 5.69 Å². The minimum atomic E-state index is -0.206. The Morgan fingerprint density at radius 1 is 1.00 bits per heavy atom. The lowest BCUT2D eigenvalue weighted by molar-refractivity contribution is 0.102. The maximum absolute atomic E-state index is 12.3. The summed E-state index contributed by atoms with van der Waals surface area (Å²) in [4.78, 5) is 12.3. The Labute approximate surface area is 141 Å². The second-order valence-corrected chi connectivity index (χ2v) is 4.98. The van der Waals surface area contributed by atoms with Crippen LogP contribution in [0.2, 0.25) is 0 Å². The zero-order valence-corrected chi connectivity index (χ0v) is 13.7. The Morgan fingerprint density at radius 2 is 1.75 bits per heavy atom. The highest BCUT2D eigenvalue weighted by Gasteiger charge is 2.07. The highest BCUT2D eigenvalue weighted by molar-refractivity contribution is 6.04. The van der Waals surface area contributed by atoms with Crippen LogP contribution < -0.4 is 20.5 Å². The summed E-state index contributed by atoms with van der Waals surface area (Å²) in [6.07, 6.45) is 0. The molecule has 6 heteroatoms. The Morgan fingerprint density at radius 3 is 2.46 bits per heavy atom. The second kappa shape index (κ2) is 9.54. The summed E-state index contributed by atoms with van der Waals surface area (Å²) in [5, 5.41) is 2.84. The van der Waals surface area contributed by atoms with E-state index in [1.54, 1.807) is 55.6 Å². The molecule has 0 aliphatic rings. The summed E-state index contributed by atoms with van der Waals surface area (Å²) in [7, 11) is 1.61. The predicted octanol–water partition coefficient (Wildman–Crippen LogP) is 2.30. The molecule has 2 aromatic rings. The van der Waals surface area contributed by atoms with Crippen molar-refractivity contribution >= 4 is 11.6 Å². The topological polar surface area (TPSA) is 82.8 Å². The lowest BCUT2D eigenvalue weighted by atomic mass is 10.2. The van der Waals surface area contributed by atoms with E-state index >= 15 is 0 Å². The molecule has 3 N–H and O–H groups in total. The molecule has 0 aromatic heterocycles. The number of ether oxygens (including phenoxy) is 3. The molecule has 1 amide bonds. The van der Waals surface area contributed by atoms with Gasteiger partial charge in [0, 0.05) is 24.9 Å². The number of benzene rings is 2. The number of carbonyl (C=O) groups is 1. The molecular formula is C18H22N2O4. The quantitative estimate of drug-likeness (QED) is 0.689. The fourth-order valence-electron chi connectivity index (χ4n) is 1.98. The fraction of sp³-hybridized carbons (Fsp3) is 0.278. The summed E-state index contributed by atoms with van der Waals surface area (Å²) in [6.45, 7) is 1.85. The first-order valence-corrected chi connectivity index (χ1v) is 7.69. The number of amides is 1. The van der Waals surface area contributed by atoms with E-state index in [1.807, 2.05) is 0 Å². The number of methoxy groups -OCH3 is 1. The maximum atomic E-state index is 12.3. The number of nitrogens with two attached hydrogens (primary N) is 1. The van der Waals surface area contributed by atoms with E-state index < -0.39 is 0 Å². The van der Waals surface area contributed by atoms with Crippen molar-refractivity contribution in [1.82, 2.24) is 0 Å². The highest BCUT2D eigenvalue weighted by atomic mass is 16.5. The van der Waals surface area contributed by atoms with Crippen LogP contribution in [-0.2, 0) is 4.74 Å². The van der Waals surface area contributed by atoms with Gasteiger partial charge in [-0.25, -0.2) is 0 Å². The van der Waals surface area contributed by atoms with Gasteiger partial charge in [-0.1, -0.05) is 6.07 Å². The van der Waals surface area contributed by atoms with Crippen LogP contribution in [0.15, 0.2) is 48.5 Å². The van der Waals surface area contributed by atoms with Crippen LogP contribution in [0.3, 0.4) is 0 Å². The molecule has 0 radical (unpaired) electrons. The van der Waals surface area contributed by atoms with E-state index in [0.29, 0.717) is 49.1 Å². The Bertz CT molecular complexity index is 644. The first kappa shape index (κ1) is 17.8.